The van der Waals surface area contributed by atoms with Gasteiger partial charge in [-0.15, -0.1) is 0 Å². The molecule has 0 bridgehead atoms. The van der Waals surface area contributed by atoms with Gasteiger partial charge in [-0.2, -0.15) is 4.37 Å². The van der Waals surface area contributed by atoms with Gasteiger partial charge in [0.25, 0.3) is 11.8 Å². The van der Waals surface area contributed by atoms with Crippen LogP contribution >= 0.6 is 34.7 Å². The molecule has 2 aliphatic heterocycles. The van der Waals surface area contributed by atoms with Gasteiger partial charge in [0, 0.05) is 24.6 Å². The third-order valence-corrected chi connectivity index (χ3v) is 6.46. The van der Waals surface area contributed by atoms with Crippen LogP contribution in [0.4, 0.5) is 5.69 Å². The van der Waals surface area contributed by atoms with Crippen LogP contribution in [0.5, 0.6) is 5.75 Å². The molecule has 0 aliphatic carbocycles. The Balaban J connectivity index is 1.42. The second-order valence-electron chi connectivity index (χ2n) is 6.60. The monoisotopic (exact) mass is 439 g/mol. The van der Waals surface area contributed by atoms with Gasteiger partial charge < -0.3 is 15.0 Å². The lowest BCUT2D eigenvalue weighted by Crippen LogP contribution is -2.40. The van der Waals surface area contributed by atoms with Gasteiger partial charge in [0.15, 0.2) is 18.1 Å². The molecule has 0 saturated carbocycles. The fourth-order valence-electron chi connectivity index (χ4n) is 3.36. The molecular formula is C18H15Cl2N3O4S. The molecule has 1 fully saturated rings. The van der Waals surface area contributed by atoms with Crippen LogP contribution < -0.4 is 10.1 Å². The summed E-state index contributed by atoms with van der Waals surface area (Å²) in [5.41, 5.74) is 1.18. The average Bonchev–Trinajstić information content (AvgIpc) is 3.05. The topological polar surface area (TPSA) is 88.6 Å². The van der Waals surface area contributed by atoms with Crippen molar-refractivity contribution in [2.24, 2.45) is 5.92 Å². The molecule has 28 heavy (non-hydrogen) atoms. The zero-order valence-electron chi connectivity index (χ0n) is 14.5. The van der Waals surface area contributed by atoms with Crippen LogP contribution in [0.2, 0.25) is 9.36 Å². The predicted octanol–water partition coefficient (Wildman–Crippen LogP) is 3.52. The molecule has 0 unspecified atom stereocenters. The number of nitrogens with one attached hydrogen (secondary N) is 1. The van der Waals surface area contributed by atoms with Crippen molar-refractivity contribution >= 4 is 58.0 Å². The summed E-state index contributed by atoms with van der Waals surface area (Å²) in [6, 6.07) is 5.03. The fraction of sp³-hybridized carbons (Fsp3) is 0.333. The molecule has 2 aliphatic rings. The van der Waals surface area contributed by atoms with E-state index >= 15 is 0 Å². The second kappa shape index (κ2) is 7.69. The maximum Gasteiger partial charge on any atom is 0.275 e. The first kappa shape index (κ1) is 19.2. The number of ketones is 1. The molecular weight excluding hydrogens is 425 g/mol. The molecule has 2 aromatic rings. The number of amides is 2. The van der Waals surface area contributed by atoms with Gasteiger partial charge in [-0.25, -0.2) is 0 Å². The van der Waals surface area contributed by atoms with Gasteiger partial charge in [0.05, 0.1) is 5.69 Å². The number of likely N-dealkylation sites (tertiary alicyclic amines) is 1. The van der Waals surface area contributed by atoms with Crippen LogP contribution in [0.25, 0.3) is 0 Å². The Labute approximate surface area is 174 Å². The molecule has 0 atom stereocenters. The van der Waals surface area contributed by atoms with E-state index in [4.69, 9.17) is 27.9 Å². The molecule has 1 aromatic carbocycles. The molecule has 7 nitrogen and oxygen atoms in total. The minimum absolute atomic E-state index is 0.00976. The maximum absolute atomic E-state index is 12.9. The van der Waals surface area contributed by atoms with Crippen LogP contribution in [0.1, 0.15) is 33.7 Å². The number of fused-ring (bicyclic) bond motifs is 1. The van der Waals surface area contributed by atoms with Crippen molar-refractivity contribution in [2.45, 2.75) is 12.8 Å². The van der Waals surface area contributed by atoms with E-state index < -0.39 is 0 Å². The summed E-state index contributed by atoms with van der Waals surface area (Å²) in [5, 5.41) is 2.88. The summed E-state index contributed by atoms with van der Waals surface area (Å²) in [6.45, 7) is 0.845. The molecule has 4 rings (SSSR count). The number of halogens is 2. The smallest absolute Gasteiger partial charge is 0.275 e. The summed E-state index contributed by atoms with van der Waals surface area (Å²) in [4.78, 5) is 38.5. The summed E-state index contributed by atoms with van der Waals surface area (Å²) in [7, 11) is 0. The van der Waals surface area contributed by atoms with Crippen molar-refractivity contribution in [3.05, 3.63) is 38.8 Å². The van der Waals surface area contributed by atoms with E-state index in [0.717, 1.165) is 11.5 Å². The number of piperidine rings is 1. The van der Waals surface area contributed by atoms with E-state index in [-0.39, 0.29) is 40.8 Å². The van der Waals surface area contributed by atoms with Crippen LogP contribution in [-0.4, -0.2) is 46.6 Å². The van der Waals surface area contributed by atoms with E-state index in [2.05, 4.69) is 9.69 Å². The fourth-order valence-corrected chi connectivity index (χ4v) is 4.35. The van der Waals surface area contributed by atoms with Gasteiger partial charge in [0.2, 0.25) is 0 Å². The number of carbonyl (C=O) groups is 3. The highest BCUT2D eigenvalue weighted by Crippen LogP contribution is 2.33. The Morgan fingerprint density at radius 3 is 2.68 bits per heavy atom. The molecule has 0 radical (unpaired) electrons. The van der Waals surface area contributed by atoms with Gasteiger partial charge in [-0.05, 0) is 42.6 Å². The van der Waals surface area contributed by atoms with Crippen molar-refractivity contribution in [1.29, 1.82) is 0 Å². The zero-order valence-corrected chi connectivity index (χ0v) is 16.9. The zero-order chi connectivity index (χ0) is 19.8. The lowest BCUT2D eigenvalue weighted by Gasteiger charge is -2.31. The third-order valence-electron chi connectivity index (χ3n) is 4.85. The Hall–Kier alpha value is -2.16. The molecule has 146 valence electrons. The van der Waals surface area contributed by atoms with Crippen molar-refractivity contribution < 1.29 is 19.1 Å². The lowest BCUT2D eigenvalue weighted by molar-refractivity contribution is -0.118. The average molecular weight is 440 g/mol. The minimum atomic E-state index is -0.271. The maximum atomic E-state index is 12.9. The standard InChI is InChI=1S/C18H15Cl2N3O4S/c19-14-15(22-28-17(14)20)18(26)23-5-3-9(4-6-23)16(25)10-1-2-12-11(7-10)21-13(24)8-27-12/h1-2,7,9H,3-6,8H2,(H,21,24). The van der Waals surface area contributed by atoms with Gasteiger partial charge in [-0.3, -0.25) is 14.4 Å². The van der Waals surface area contributed by atoms with Crippen LogP contribution in [0.3, 0.4) is 0 Å². The van der Waals surface area contributed by atoms with Crippen molar-refractivity contribution in [3.63, 3.8) is 0 Å². The summed E-state index contributed by atoms with van der Waals surface area (Å²) in [5.74, 6) is -0.172. The van der Waals surface area contributed by atoms with Crippen LogP contribution in [-0.2, 0) is 4.79 Å². The number of hydrogen-bond donors (Lipinski definition) is 1. The largest absolute Gasteiger partial charge is 0.482 e. The molecule has 1 saturated heterocycles. The quantitative estimate of drug-likeness (QED) is 0.738. The number of anilines is 1. The Morgan fingerprint density at radius 1 is 1.25 bits per heavy atom. The number of hydrogen-bond acceptors (Lipinski definition) is 6. The molecule has 1 N–H and O–H groups in total. The molecule has 0 spiro atoms. The number of rotatable bonds is 3. The second-order valence-corrected chi connectivity index (χ2v) is 8.35. The van der Waals surface area contributed by atoms with Crippen LogP contribution in [0.15, 0.2) is 18.2 Å². The molecule has 2 amide bonds. The summed E-state index contributed by atoms with van der Waals surface area (Å²) in [6.07, 6.45) is 1.08. The van der Waals surface area contributed by atoms with Gasteiger partial charge in [0.1, 0.15) is 15.1 Å². The van der Waals surface area contributed by atoms with Crippen molar-refractivity contribution in [3.8, 4) is 5.75 Å². The van der Waals surface area contributed by atoms with Crippen molar-refractivity contribution in [2.75, 3.05) is 25.0 Å². The summed E-state index contributed by atoms with van der Waals surface area (Å²) < 4.78 is 9.62. The lowest BCUT2D eigenvalue weighted by atomic mass is 9.88. The first-order chi connectivity index (χ1) is 13.4. The van der Waals surface area contributed by atoms with Crippen LogP contribution in [0, 0.1) is 5.92 Å². The minimum Gasteiger partial charge on any atom is -0.482 e. The Kier molecular flexibility index (Phi) is 5.27. The van der Waals surface area contributed by atoms with E-state index in [1.807, 2.05) is 0 Å². The third kappa shape index (κ3) is 3.59. The van der Waals surface area contributed by atoms with E-state index in [1.54, 1.807) is 23.1 Å². The number of carbonyl (C=O) groups excluding carboxylic acids is 3. The van der Waals surface area contributed by atoms with Gasteiger partial charge >= 0.3 is 0 Å². The predicted molar refractivity (Wildman–Crippen MR) is 106 cm³/mol. The number of benzene rings is 1. The molecule has 1 aromatic heterocycles. The van der Waals surface area contributed by atoms with Crippen molar-refractivity contribution in [1.82, 2.24) is 9.27 Å². The Bertz CT molecular complexity index is 970. The molecule has 3 heterocycles. The van der Waals surface area contributed by atoms with E-state index in [9.17, 15) is 14.4 Å². The van der Waals surface area contributed by atoms with Gasteiger partial charge in [-0.1, -0.05) is 23.2 Å². The highest BCUT2D eigenvalue weighted by molar-refractivity contribution is 7.11. The first-order valence-corrected chi connectivity index (χ1v) is 10.2. The SMILES string of the molecule is O=C1COc2ccc(C(=O)C3CCN(C(=O)c4nsc(Cl)c4Cl)CC3)cc2N1. The van der Waals surface area contributed by atoms with E-state index in [0.29, 0.717) is 47.3 Å². The number of ether oxygens (including phenoxy) is 1. The van der Waals surface area contributed by atoms with E-state index in [1.165, 1.54) is 0 Å². The number of nitrogens with zero attached hydrogens (tertiary/aromatic N) is 2. The summed E-state index contributed by atoms with van der Waals surface area (Å²) >= 11 is 12.9. The first-order valence-electron chi connectivity index (χ1n) is 8.65. The Morgan fingerprint density at radius 2 is 2.00 bits per heavy atom. The normalized spacial score (nSPS) is 16.9. The number of aromatic nitrogens is 1. The molecule has 10 heteroatoms. The highest BCUT2D eigenvalue weighted by Gasteiger charge is 2.31. The number of Topliss-reactive ketones (excluding diaryl/α,β-unsaturated/α-hetero) is 1. The highest BCUT2D eigenvalue weighted by atomic mass is 35.5.